The monoisotopic (exact) mass is 490 g/mol. The van der Waals surface area contributed by atoms with Gasteiger partial charge in [0.05, 0.1) is 0 Å². The van der Waals surface area contributed by atoms with Crippen molar-refractivity contribution in [2.75, 3.05) is 26.7 Å². The maximum absolute atomic E-state index is 12.9. The number of hydrogen-bond donors (Lipinski definition) is 2. The second-order valence-corrected chi connectivity index (χ2v) is 11.0. The maximum atomic E-state index is 12.9. The number of carbonyl (C=O) groups is 1. The average molecular weight is 491 g/mol. The number of ether oxygens (including phenoxy) is 1. The Morgan fingerprint density at radius 3 is 2.53 bits per heavy atom. The second-order valence-electron chi connectivity index (χ2n) is 11.0. The number of hydrazine groups is 1. The van der Waals surface area contributed by atoms with E-state index in [2.05, 4.69) is 82.3 Å². The van der Waals surface area contributed by atoms with E-state index < -0.39 is 0 Å². The summed E-state index contributed by atoms with van der Waals surface area (Å²) >= 11 is 0. The topological polar surface area (TPSA) is 56.8 Å². The van der Waals surface area contributed by atoms with Gasteiger partial charge in [0.2, 0.25) is 5.91 Å². The lowest BCUT2D eigenvalue weighted by Crippen LogP contribution is -2.44. The molecule has 2 aromatic carbocycles. The lowest BCUT2D eigenvalue weighted by molar-refractivity contribution is -0.138. The van der Waals surface area contributed by atoms with Crippen molar-refractivity contribution in [3.05, 3.63) is 65.7 Å². The van der Waals surface area contributed by atoms with E-state index in [1.165, 1.54) is 30.4 Å². The van der Waals surface area contributed by atoms with Crippen LogP contribution in [0.25, 0.3) is 0 Å². The molecular weight excluding hydrogens is 448 g/mol. The molecule has 2 unspecified atom stereocenters. The number of amides is 1. The molecule has 1 saturated carbocycles. The Labute approximate surface area is 216 Å². The Kier molecular flexibility index (Phi) is 8.57. The molecule has 3 aliphatic rings. The summed E-state index contributed by atoms with van der Waals surface area (Å²) in [6.45, 7) is 3.53. The van der Waals surface area contributed by atoms with Crippen LogP contribution in [0.1, 0.15) is 68.5 Å². The molecule has 1 aliphatic carbocycles. The van der Waals surface area contributed by atoms with E-state index >= 15 is 0 Å². The number of piperidine rings is 1. The molecule has 0 bridgehead atoms. The van der Waals surface area contributed by atoms with Crippen LogP contribution in [0.2, 0.25) is 0 Å². The zero-order chi connectivity index (χ0) is 24.7. The first-order valence-electron chi connectivity index (χ1n) is 13.9. The summed E-state index contributed by atoms with van der Waals surface area (Å²) in [7, 11) is 2.18. The Hall–Kier alpha value is -2.41. The van der Waals surface area contributed by atoms with E-state index in [-0.39, 0.29) is 12.0 Å². The van der Waals surface area contributed by atoms with Gasteiger partial charge in [0.25, 0.3) is 0 Å². The van der Waals surface area contributed by atoms with Crippen LogP contribution in [-0.4, -0.2) is 54.5 Å². The molecule has 36 heavy (non-hydrogen) atoms. The van der Waals surface area contributed by atoms with E-state index in [1.54, 1.807) is 0 Å². The van der Waals surface area contributed by atoms with Gasteiger partial charge in [-0.3, -0.25) is 10.2 Å². The van der Waals surface area contributed by atoms with Gasteiger partial charge in [-0.15, -0.1) is 0 Å². The summed E-state index contributed by atoms with van der Waals surface area (Å²) in [4.78, 5) is 17.3. The molecule has 0 spiro atoms. The maximum Gasteiger partial charge on any atom is 0.225 e. The molecule has 194 valence electrons. The van der Waals surface area contributed by atoms with Crippen LogP contribution in [0, 0.1) is 5.92 Å². The molecule has 6 heteroatoms. The summed E-state index contributed by atoms with van der Waals surface area (Å²) in [5.74, 6) is 1.60. The zero-order valence-electron chi connectivity index (χ0n) is 21.7. The number of nitrogens with zero attached hydrogens (tertiary/aromatic N) is 2. The van der Waals surface area contributed by atoms with Gasteiger partial charge in [-0.25, -0.2) is 5.43 Å². The fourth-order valence-corrected chi connectivity index (χ4v) is 6.11. The van der Waals surface area contributed by atoms with Gasteiger partial charge in [-0.2, -0.15) is 0 Å². The number of carbonyl (C=O) groups excluding carboxylic acids is 1. The summed E-state index contributed by atoms with van der Waals surface area (Å²) in [5.41, 5.74) is 9.54. The second kappa shape index (κ2) is 12.2. The van der Waals surface area contributed by atoms with Crippen LogP contribution in [0.4, 0.5) is 0 Å². The third-order valence-corrected chi connectivity index (χ3v) is 8.08. The van der Waals surface area contributed by atoms with Crippen LogP contribution in [0.15, 0.2) is 54.6 Å². The van der Waals surface area contributed by atoms with E-state index in [9.17, 15) is 4.79 Å². The highest BCUT2D eigenvalue weighted by atomic mass is 16.5. The lowest BCUT2D eigenvalue weighted by Gasteiger charge is -2.35. The average Bonchev–Trinajstić information content (AvgIpc) is 3.38. The normalized spacial score (nSPS) is 23.8. The number of benzene rings is 2. The highest BCUT2D eigenvalue weighted by molar-refractivity contribution is 5.79. The predicted molar refractivity (Wildman–Crippen MR) is 143 cm³/mol. The van der Waals surface area contributed by atoms with Crippen molar-refractivity contribution in [3.8, 4) is 5.75 Å². The van der Waals surface area contributed by atoms with E-state index in [0.29, 0.717) is 18.0 Å². The van der Waals surface area contributed by atoms with Gasteiger partial charge in [0, 0.05) is 57.0 Å². The fourth-order valence-electron chi connectivity index (χ4n) is 6.11. The number of nitrogens with one attached hydrogen (secondary N) is 2. The summed E-state index contributed by atoms with van der Waals surface area (Å²) in [6, 6.07) is 20.0. The number of likely N-dealkylation sites (N-methyl/N-ethyl adjacent to an activating group) is 1. The smallest absolute Gasteiger partial charge is 0.225 e. The molecule has 3 fully saturated rings. The van der Waals surface area contributed by atoms with Crippen molar-refractivity contribution in [1.29, 1.82) is 0 Å². The zero-order valence-corrected chi connectivity index (χ0v) is 21.7. The predicted octanol–water partition coefficient (Wildman–Crippen LogP) is 4.68. The van der Waals surface area contributed by atoms with Crippen molar-refractivity contribution in [3.63, 3.8) is 0 Å². The SMILES string of the molecule is CN(Cc1cccc(OC2CCN(C(=O)C3CCCCC3)CC2)c1)CC1CC(c2ccccc2)NN1. The van der Waals surface area contributed by atoms with E-state index in [0.717, 1.165) is 64.0 Å². The molecular formula is C30H42N4O2. The summed E-state index contributed by atoms with van der Waals surface area (Å²) in [6.07, 6.45) is 8.99. The van der Waals surface area contributed by atoms with E-state index in [4.69, 9.17) is 4.74 Å². The summed E-state index contributed by atoms with van der Waals surface area (Å²) in [5, 5.41) is 0. The first-order valence-corrected chi connectivity index (χ1v) is 13.9. The van der Waals surface area contributed by atoms with Gasteiger partial charge in [0.1, 0.15) is 11.9 Å². The highest BCUT2D eigenvalue weighted by Gasteiger charge is 2.30. The number of rotatable bonds is 8. The van der Waals surface area contributed by atoms with Crippen LogP contribution >= 0.6 is 0 Å². The molecule has 6 nitrogen and oxygen atoms in total. The first-order chi connectivity index (χ1) is 17.6. The van der Waals surface area contributed by atoms with Crippen molar-refractivity contribution in [2.24, 2.45) is 5.92 Å². The van der Waals surface area contributed by atoms with Gasteiger partial charge in [0.15, 0.2) is 0 Å². The minimum Gasteiger partial charge on any atom is -0.490 e. The van der Waals surface area contributed by atoms with Gasteiger partial charge in [-0.05, 0) is 49.6 Å². The largest absolute Gasteiger partial charge is 0.490 e. The first kappa shape index (κ1) is 25.2. The quantitative estimate of drug-likeness (QED) is 0.563. The summed E-state index contributed by atoms with van der Waals surface area (Å²) < 4.78 is 6.37. The van der Waals surface area contributed by atoms with Crippen LogP contribution in [-0.2, 0) is 11.3 Å². The van der Waals surface area contributed by atoms with E-state index in [1.807, 2.05) is 0 Å². The Bertz CT molecular complexity index is 970. The van der Waals surface area contributed by atoms with Gasteiger partial charge in [-0.1, -0.05) is 61.7 Å². The Morgan fingerprint density at radius 2 is 1.75 bits per heavy atom. The fraction of sp³-hybridized carbons (Fsp3) is 0.567. The Balaban J connectivity index is 1.06. The lowest BCUT2D eigenvalue weighted by atomic mass is 9.88. The molecule has 2 N–H and O–H groups in total. The Morgan fingerprint density at radius 1 is 0.972 bits per heavy atom. The molecule has 2 heterocycles. The standard InChI is InChI=1S/C30H42N4O2/c1-33(22-26-20-29(32-31-26)24-10-4-2-5-11-24)21-23-9-8-14-28(19-23)36-27-15-17-34(18-16-27)30(35)25-12-6-3-7-13-25/h2,4-5,8-11,14,19,25-27,29,31-32H,3,6-7,12-13,15-18,20-22H2,1H3. The molecule has 2 atom stereocenters. The number of likely N-dealkylation sites (tertiary alicyclic amines) is 1. The molecule has 5 rings (SSSR count). The molecule has 0 radical (unpaired) electrons. The third-order valence-electron chi connectivity index (χ3n) is 8.08. The van der Waals surface area contributed by atoms with Crippen molar-refractivity contribution in [1.82, 2.24) is 20.7 Å². The van der Waals surface area contributed by atoms with Crippen LogP contribution in [0.5, 0.6) is 5.75 Å². The molecule has 2 aromatic rings. The number of hydrogen-bond acceptors (Lipinski definition) is 5. The van der Waals surface area contributed by atoms with Crippen LogP contribution in [0.3, 0.4) is 0 Å². The van der Waals surface area contributed by atoms with Crippen molar-refractivity contribution >= 4 is 5.91 Å². The third kappa shape index (κ3) is 6.67. The van der Waals surface area contributed by atoms with Gasteiger partial charge < -0.3 is 14.5 Å². The molecule has 0 aromatic heterocycles. The minimum atomic E-state index is 0.192. The molecule has 1 amide bonds. The van der Waals surface area contributed by atoms with Crippen molar-refractivity contribution in [2.45, 2.75) is 76.1 Å². The molecule has 2 saturated heterocycles. The molecule has 2 aliphatic heterocycles. The van der Waals surface area contributed by atoms with Crippen molar-refractivity contribution < 1.29 is 9.53 Å². The minimum absolute atomic E-state index is 0.192. The van der Waals surface area contributed by atoms with Crippen LogP contribution < -0.4 is 15.6 Å². The highest BCUT2D eigenvalue weighted by Crippen LogP contribution is 2.28. The van der Waals surface area contributed by atoms with Gasteiger partial charge >= 0.3 is 0 Å².